The number of pyridine rings is 1. The molecule has 0 fully saturated rings. The summed E-state index contributed by atoms with van der Waals surface area (Å²) in [6, 6.07) is 1.07. The van der Waals surface area contributed by atoms with Crippen LogP contribution in [0.25, 0.3) is 0 Å². The maximum Gasteiger partial charge on any atom is 0.574 e. The van der Waals surface area contributed by atoms with Crippen LogP contribution in [0.3, 0.4) is 0 Å². The van der Waals surface area contributed by atoms with Gasteiger partial charge in [0.15, 0.2) is 5.78 Å². The van der Waals surface area contributed by atoms with E-state index in [0.717, 1.165) is 19.2 Å². The second-order valence-electron chi connectivity index (χ2n) is 2.61. The highest BCUT2D eigenvalue weighted by Crippen LogP contribution is 2.26. The van der Waals surface area contributed by atoms with Gasteiger partial charge in [0.05, 0.1) is 10.6 Å². The summed E-state index contributed by atoms with van der Waals surface area (Å²) < 4.78 is 39.2. The number of hydrogen-bond acceptors (Lipinski definition) is 3. The fourth-order valence-electron chi connectivity index (χ4n) is 0.870. The SMILES string of the molecule is CC(=O)c1cc(Cl)cnc1OC(F)(F)F. The first-order valence-corrected chi connectivity index (χ1v) is 4.09. The number of ether oxygens (including phenoxy) is 1. The zero-order valence-electron chi connectivity index (χ0n) is 7.43. The molecule has 0 bridgehead atoms. The Morgan fingerprint density at radius 2 is 2.13 bits per heavy atom. The number of carbonyl (C=O) groups is 1. The fraction of sp³-hybridized carbons (Fsp3) is 0.250. The van der Waals surface area contributed by atoms with Gasteiger partial charge in [-0.1, -0.05) is 11.6 Å². The van der Waals surface area contributed by atoms with Crippen LogP contribution in [0.4, 0.5) is 13.2 Å². The minimum absolute atomic E-state index is 0.0646. The van der Waals surface area contributed by atoms with E-state index in [2.05, 4.69) is 9.72 Å². The van der Waals surface area contributed by atoms with Crippen molar-refractivity contribution in [3.8, 4) is 5.88 Å². The van der Waals surface area contributed by atoms with Crippen molar-refractivity contribution < 1.29 is 22.7 Å². The Morgan fingerprint density at radius 1 is 1.53 bits per heavy atom. The molecule has 0 aliphatic rings. The molecule has 1 aromatic rings. The van der Waals surface area contributed by atoms with Crippen molar-refractivity contribution in [2.75, 3.05) is 0 Å². The normalized spacial score (nSPS) is 11.3. The molecule has 0 atom stereocenters. The summed E-state index contributed by atoms with van der Waals surface area (Å²) in [4.78, 5) is 14.2. The zero-order valence-corrected chi connectivity index (χ0v) is 8.19. The molecule has 0 spiro atoms. The third-order valence-electron chi connectivity index (χ3n) is 1.41. The van der Waals surface area contributed by atoms with E-state index in [1.165, 1.54) is 0 Å². The Kier molecular flexibility index (Phi) is 3.18. The summed E-state index contributed by atoms with van der Waals surface area (Å²) in [7, 11) is 0. The van der Waals surface area contributed by atoms with Crippen molar-refractivity contribution in [1.29, 1.82) is 0 Å². The molecule has 7 heteroatoms. The van der Waals surface area contributed by atoms with Crippen molar-refractivity contribution in [3.63, 3.8) is 0 Å². The highest BCUT2D eigenvalue weighted by atomic mass is 35.5. The van der Waals surface area contributed by atoms with Gasteiger partial charge in [-0.05, 0) is 13.0 Å². The number of ketones is 1. The zero-order chi connectivity index (χ0) is 11.6. The van der Waals surface area contributed by atoms with Crippen LogP contribution in [0.15, 0.2) is 12.3 Å². The lowest BCUT2D eigenvalue weighted by Crippen LogP contribution is -2.19. The van der Waals surface area contributed by atoms with Crippen LogP contribution in [-0.2, 0) is 0 Å². The van der Waals surface area contributed by atoms with E-state index in [0.29, 0.717) is 0 Å². The van der Waals surface area contributed by atoms with Gasteiger partial charge in [0.1, 0.15) is 0 Å². The minimum atomic E-state index is -4.88. The molecule has 1 heterocycles. The molecule has 0 saturated heterocycles. The van der Waals surface area contributed by atoms with Gasteiger partial charge in [-0.25, -0.2) is 4.98 Å². The van der Waals surface area contributed by atoms with E-state index in [9.17, 15) is 18.0 Å². The predicted molar refractivity (Wildman–Crippen MR) is 45.9 cm³/mol. The molecule has 1 aromatic heterocycles. The van der Waals surface area contributed by atoms with E-state index < -0.39 is 18.0 Å². The lowest BCUT2D eigenvalue weighted by atomic mass is 10.2. The van der Waals surface area contributed by atoms with Crippen molar-refractivity contribution >= 4 is 17.4 Å². The first-order chi connectivity index (χ1) is 6.79. The first kappa shape index (κ1) is 11.8. The maximum atomic E-state index is 11.9. The van der Waals surface area contributed by atoms with E-state index in [4.69, 9.17) is 11.6 Å². The summed E-state index contributed by atoms with van der Waals surface area (Å²) in [5.41, 5.74) is -0.306. The molecule has 82 valence electrons. The van der Waals surface area contributed by atoms with Crippen LogP contribution >= 0.6 is 11.6 Å². The number of hydrogen-bond donors (Lipinski definition) is 0. The highest BCUT2D eigenvalue weighted by molar-refractivity contribution is 6.30. The standard InChI is InChI=1S/C8H5ClF3NO2/c1-4(14)6-2-5(9)3-13-7(6)15-8(10,11)12/h2-3H,1H3. The van der Waals surface area contributed by atoms with Gasteiger partial charge in [0, 0.05) is 6.20 Å². The molecule has 0 radical (unpaired) electrons. The smallest absolute Gasteiger partial charge is 0.387 e. The number of Topliss-reactive ketones (excluding diaryl/α,β-unsaturated/α-hetero) is 1. The Balaban J connectivity index is 3.12. The van der Waals surface area contributed by atoms with E-state index in [1.807, 2.05) is 0 Å². The van der Waals surface area contributed by atoms with Crippen LogP contribution in [0.5, 0.6) is 5.88 Å². The average molecular weight is 240 g/mol. The molecule has 15 heavy (non-hydrogen) atoms. The third-order valence-corrected chi connectivity index (χ3v) is 1.62. The largest absolute Gasteiger partial charge is 0.574 e. The Morgan fingerprint density at radius 3 is 2.60 bits per heavy atom. The van der Waals surface area contributed by atoms with Gasteiger partial charge >= 0.3 is 6.36 Å². The summed E-state index contributed by atoms with van der Waals surface area (Å²) in [5.74, 6) is -1.40. The van der Waals surface area contributed by atoms with Crippen molar-refractivity contribution in [1.82, 2.24) is 4.98 Å². The van der Waals surface area contributed by atoms with Gasteiger partial charge < -0.3 is 4.74 Å². The number of aromatic nitrogens is 1. The number of halogens is 4. The number of alkyl halides is 3. The van der Waals surface area contributed by atoms with Crippen LogP contribution in [0.2, 0.25) is 5.02 Å². The first-order valence-electron chi connectivity index (χ1n) is 3.72. The number of rotatable bonds is 2. The van der Waals surface area contributed by atoms with Gasteiger partial charge in [0.2, 0.25) is 5.88 Å². The molecular formula is C8H5ClF3NO2. The topological polar surface area (TPSA) is 39.2 Å². The second-order valence-corrected chi connectivity index (χ2v) is 3.05. The molecule has 0 unspecified atom stereocenters. The molecule has 0 aliphatic carbocycles. The van der Waals surface area contributed by atoms with Gasteiger partial charge in [0.25, 0.3) is 0 Å². The number of nitrogens with zero attached hydrogens (tertiary/aromatic N) is 1. The Labute approximate surface area is 87.8 Å². The van der Waals surface area contributed by atoms with Crippen molar-refractivity contribution in [2.24, 2.45) is 0 Å². The third kappa shape index (κ3) is 3.39. The molecule has 0 N–H and O–H groups in total. The summed E-state index contributed by atoms with van der Waals surface area (Å²) in [6.07, 6.45) is -3.92. The fourth-order valence-corrected chi connectivity index (χ4v) is 1.03. The van der Waals surface area contributed by atoms with Gasteiger partial charge in [-0.2, -0.15) is 0 Å². The molecule has 3 nitrogen and oxygen atoms in total. The van der Waals surface area contributed by atoms with E-state index in [1.54, 1.807) is 0 Å². The lowest BCUT2D eigenvalue weighted by Gasteiger charge is -2.10. The summed E-state index contributed by atoms with van der Waals surface area (Å²) in [6.45, 7) is 1.09. The highest BCUT2D eigenvalue weighted by Gasteiger charge is 2.33. The molecule has 0 saturated carbocycles. The van der Waals surface area contributed by atoms with Gasteiger partial charge in [-0.3, -0.25) is 4.79 Å². The quantitative estimate of drug-likeness (QED) is 0.745. The second kappa shape index (κ2) is 4.06. The van der Waals surface area contributed by atoms with E-state index in [-0.39, 0.29) is 10.6 Å². The molecule has 0 aromatic carbocycles. The molecule has 1 rings (SSSR count). The monoisotopic (exact) mass is 239 g/mol. The molecule has 0 aliphatic heterocycles. The molecule has 0 amide bonds. The Bertz CT molecular complexity index is 392. The number of carbonyl (C=O) groups excluding carboxylic acids is 1. The minimum Gasteiger partial charge on any atom is -0.387 e. The lowest BCUT2D eigenvalue weighted by molar-refractivity contribution is -0.276. The van der Waals surface area contributed by atoms with Crippen molar-refractivity contribution in [3.05, 3.63) is 22.8 Å². The molecular weight excluding hydrogens is 235 g/mol. The van der Waals surface area contributed by atoms with Gasteiger partial charge in [-0.15, -0.1) is 13.2 Å². The van der Waals surface area contributed by atoms with Crippen LogP contribution in [0.1, 0.15) is 17.3 Å². The van der Waals surface area contributed by atoms with Crippen LogP contribution in [-0.4, -0.2) is 17.1 Å². The Hall–Kier alpha value is -1.30. The van der Waals surface area contributed by atoms with Crippen molar-refractivity contribution in [2.45, 2.75) is 13.3 Å². The summed E-state index contributed by atoms with van der Waals surface area (Å²) >= 11 is 5.48. The summed E-state index contributed by atoms with van der Waals surface area (Å²) in [5, 5.41) is 0.0646. The van der Waals surface area contributed by atoms with E-state index >= 15 is 0 Å². The van der Waals surface area contributed by atoms with Crippen LogP contribution in [0, 0.1) is 0 Å². The van der Waals surface area contributed by atoms with Crippen LogP contribution < -0.4 is 4.74 Å². The average Bonchev–Trinajstić information content (AvgIpc) is 2.05. The predicted octanol–water partition coefficient (Wildman–Crippen LogP) is 2.84. The maximum absolute atomic E-state index is 11.9.